The Morgan fingerprint density at radius 1 is 1.40 bits per heavy atom. The lowest BCUT2D eigenvalue weighted by Gasteiger charge is -2.37. The number of hydrogen-bond donors (Lipinski definition) is 1. The average molecular weight is 348 g/mol. The largest absolute Gasteiger partial charge is 0.382 e. The van der Waals surface area contributed by atoms with Crippen molar-refractivity contribution in [3.63, 3.8) is 0 Å². The summed E-state index contributed by atoms with van der Waals surface area (Å²) in [6.45, 7) is 9.05. The van der Waals surface area contributed by atoms with Gasteiger partial charge < -0.3 is 19.9 Å². The number of nitrogens with one attached hydrogen (secondary N) is 1. The summed E-state index contributed by atoms with van der Waals surface area (Å²) in [5.41, 5.74) is 1.78. The fraction of sp³-hybridized carbons (Fsp3) is 0.650. The molecule has 0 spiro atoms. The van der Waals surface area contributed by atoms with E-state index in [1.165, 1.54) is 0 Å². The van der Waals surface area contributed by atoms with Gasteiger partial charge in [-0.3, -0.25) is 4.79 Å². The number of carbonyl (C=O) groups is 1. The highest BCUT2D eigenvalue weighted by Crippen LogP contribution is 2.19. The molecule has 2 atom stereocenters. The Morgan fingerprint density at radius 2 is 2.20 bits per heavy atom. The van der Waals surface area contributed by atoms with Crippen molar-refractivity contribution < 1.29 is 9.53 Å². The Bertz CT molecular complexity index is 547. The monoisotopic (exact) mass is 347 g/mol. The van der Waals surface area contributed by atoms with Crippen LogP contribution in [0.15, 0.2) is 24.3 Å². The first-order valence-electron chi connectivity index (χ1n) is 9.39. The van der Waals surface area contributed by atoms with E-state index in [-0.39, 0.29) is 11.9 Å². The van der Waals surface area contributed by atoms with Gasteiger partial charge in [0, 0.05) is 64.2 Å². The number of ether oxygens (including phenoxy) is 1. The molecule has 25 heavy (non-hydrogen) atoms. The number of likely N-dealkylation sites (tertiary alicyclic amines) is 1. The topological polar surface area (TPSA) is 44.8 Å². The van der Waals surface area contributed by atoms with Gasteiger partial charge in [-0.15, -0.1) is 0 Å². The van der Waals surface area contributed by atoms with E-state index < -0.39 is 0 Å². The molecule has 5 nitrogen and oxygen atoms in total. The molecule has 5 heteroatoms. The minimum atomic E-state index is 0.0327. The maximum Gasteiger partial charge on any atom is 0.251 e. The molecule has 0 radical (unpaired) electrons. The van der Waals surface area contributed by atoms with Crippen LogP contribution in [0.1, 0.15) is 37.0 Å². The van der Waals surface area contributed by atoms with Gasteiger partial charge in [0.2, 0.25) is 0 Å². The molecule has 2 rings (SSSR count). The van der Waals surface area contributed by atoms with Crippen LogP contribution in [-0.4, -0.2) is 63.8 Å². The zero-order valence-electron chi connectivity index (χ0n) is 16.1. The summed E-state index contributed by atoms with van der Waals surface area (Å²) in [6, 6.07) is 8.03. The summed E-state index contributed by atoms with van der Waals surface area (Å²) in [5.74, 6) is 0.493. The van der Waals surface area contributed by atoms with Gasteiger partial charge in [0.1, 0.15) is 0 Å². The molecule has 0 aliphatic carbocycles. The number of rotatable bonds is 8. The molecular formula is C20H33N3O2. The van der Waals surface area contributed by atoms with Crippen LogP contribution >= 0.6 is 0 Å². The smallest absolute Gasteiger partial charge is 0.251 e. The third-order valence-corrected chi connectivity index (χ3v) is 4.90. The van der Waals surface area contributed by atoms with E-state index in [1.807, 2.05) is 50.2 Å². The quantitative estimate of drug-likeness (QED) is 0.734. The van der Waals surface area contributed by atoms with Gasteiger partial charge in [0.15, 0.2) is 0 Å². The third-order valence-electron chi connectivity index (χ3n) is 4.90. The van der Waals surface area contributed by atoms with Crippen molar-refractivity contribution in [3.8, 4) is 0 Å². The molecule has 1 N–H and O–H groups in total. The van der Waals surface area contributed by atoms with Crippen molar-refractivity contribution in [1.82, 2.24) is 10.2 Å². The molecule has 0 aromatic heterocycles. The molecule has 1 aromatic rings. The van der Waals surface area contributed by atoms with Crippen molar-refractivity contribution in [1.29, 1.82) is 0 Å². The van der Waals surface area contributed by atoms with Crippen LogP contribution in [0.25, 0.3) is 0 Å². The molecule has 1 aliphatic rings. The Labute approximate surface area is 152 Å². The number of nitrogens with zero attached hydrogens (tertiary/aromatic N) is 2. The Kier molecular flexibility index (Phi) is 7.72. The van der Waals surface area contributed by atoms with Crippen LogP contribution in [0.3, 0.4) is 0 Å². The fourth-order valence-electron chi connectivity index (χ4n) is 3.36. The predicted octanol–water partition coefficient (Wildman–Crippen LogP) is 2.62. The van der Waals surface area contributed by atoms with Gasteiger partial charge >= 0.3 is 0 Å². The normalized spacial score (nSPS) is 21.1. The molecule has 0 unspecified atom stereocenters. The zero-order chi connectivity index (χ0) is 18.2. The van der Waals surface area contributed by atoms with E-state index in [1.54, 1.807) is 0 Å². The Balaban J connectivity index is 1.83. The van der Waals surface area contributed by atoms with E-state index in [0.717, 1.165) is 56.9 Å². The molecule has 0 bridgehead atoms. The van der Waals surface area contributed by atoms with E-state index in [9.17, 15) is 4.79 Å². The molecule has 1 heterocycles. The SMILES string of the molecule is CCOCCCN1CC[C@H](NC(=O)c2cccc(N(C)C)c2)[C@@H](C)C1. The van der Waals surface area contributed by atoms with Crippen LogP contribution in [0.4, 0.5) is 5.69 Å². The van der Waals surface area contributed by atoms with Crippen molar-refractivity contribution in [2.45, 2.75) is 32.7 Å². The highest BCUT2D eigenvalue weighted by atomic mass is 16.5. The second-order valence-corrected chi connectivity index (χ2v) is 7.14. The summed E-state index contributed by atoms with van der Waals surface area (Å²) < 4.78 is 5.41. The third kappa shape index (κ3) is 6.01. The molecular weight excluding hydrogens is 314 g/mol. The minimum Gasteiger partial charge on any atom is -0.382 e. The molecule has 1 aliphatic heterocycles. The highest BCUT2D eigenvalue weighted by molar-refractivity contribution is 5.95. The maximum absolute atomic E-state index is 12.6. The predicted molar refractivity (Wildman–Crippen MR) is 103 cm³/mol. The van der Waals surface area contributed by atoms with E-state index in [4.69, 9.17) is 4.74 Å². The number of amides is 1. The minimum absolute atomic E-state index is 0.0327. The average Bonchev–Trinajstić information content (AvgIpc) is 2.61. The molecule has 1 aromatic carbocycles. The zero-order valence-corrected chi connectivity index (χ0v) is 16.1. The number of anilines is 1. The first-order chi connectivity index (χ1) is 12.0. The first kappa shape index (κ1) is 19.7. The number of hydrogen-bond acceptors (Lipinski definition) is 4. The summed E-state index contributed by atoms with van der Waals surface area (Å²) in [5, 5.41) is 3.24. The lowest BCUT2D eigenvalue weighted by molar-refractivity contribution is 0.0843. The number of benzene rings is 1. The van der Waals surface area contributed by atoms with E-state index in [2.05, 4.69) is 17.1 Å². The van der Waals surface area contributed by atoms with E-state index >= 15 is 0 Å². The van der Waals surface area contributed by atoms with Gasteiger partial charge in [-0.1, -0.05) is 13.0 Å². The fourth-order valence-corrected chi connectivity index (χ4v) is 3.36. The van der Waals surface area contributed by atoms with Crippen LogP contribution in [0, 0.1) is 5.92 Å². The summed E-state index contributed by atoms with van der Waals surface area (Å²) >= 11 is 0. The second-order valence-electron chi connectivity index (χ2n) is 7.14. The molecule has 1 amide bonds. The molecule has 0 saturated carbocycles. The Hall–Kier alpha value is -1.59. The standard InChI is InChI=1S/C20H33N3O2/c1-5-25-13-7-11-23-12-10-19(16(2)15-23)21-20(24)17-8-6-9-18(14-17)22(3)4/h6,8-9,14,16,19H,5,7,10-13,15H2,1-4H3,(H,21,24)/t16-,19-/m0/s1. The van der Waals surface area contributed by atoms with Gasteiger partial charge in [0.05, 0.1) is 0 Å². The van der Waals surface area contributed by atoms with Gasteiger partial charge in [-0.2, -0.15) is 0 Å². The van der Waals surface area contributed by atoms with Crippen LogP contribution in [-0.2, 0) is 4.74 Å². The van der Waals surface area contributed by atoms with Crippen molar-refractivity contribution in [2.75, 3.05) is 51.8 Å². The van der Waals surface area contributed by atoms with Crippen molar-refractivity contribution in [2.24, 2.45) is 5.92 Å². The number of carbonyl (C=O) groups excluding carboxylic acids is 1. The molecule has 1 fully saturated rings. The number of piperidine rings is 1. The Morgan fingerprint density at radius 3 is 2.88 bits per heavy atom. The second kappa shape index (κ2) is 9.78. The van der Waals surface area contributed by atoms with Gasteiger partial charge in [-0.05, 0) is 43.9 Å². The van der Waals surface area contributed by atoms with Crippen LogP contribution in [0.5, 0.6) is 0 Å². The van der Waals surface area contributed by atoms with Crippen LogP contribution in [0.2, 0.25) is 0 Å². The maximum atomic E-state index is 12.6. The lowest BCUT2D eigenvalue weighted by atomic mass is 9.93. The lowest BCUT2D eigenvalue weighted by Crippen LogP contribution is -2.50. The van der Waals surface area contributed by atoms with E-state index in [0.29, 0.717) is 5.92 Å². The molecule has 140 valence electrons. The van der Waals surface area contributed by atoms with Gasteiger partial charge in [0.25, 0.3) is 5.91 Å². The summed E-state index contributed by atoms with van der Waals surface area (Å²) in [4.78, 5) is 17.1. The first-order valence-corrected chi connectivity index (χ1v) is 9.39. The summed E-state index contributed by atoms with van der Waals surface area (Å²) in [6.07, 6.45) is 2.09. The molecule has 1 saturated heterocycles. The van der Waals surface area contributed by atoms with Crippen molar-refractivity contribution in [3.05, 3.63) is 29.8 Å². The van der Waals surface area contributed by atoms with Crippen LogP contribution < -0.4 is 10.2 Å². The van der Waals surface area contributed by atoms with Crippen molar-refractivity contribution >= 4 is 11.6 Å². The summed E-state index contributed by atoms with van der Waals surface area (Å²) in [7, 11) is 3.97. The highest BCUT2D eigenvalue weighted by Gasteiger charge is 2.27. The van der Waals surface area contributed by atoms with Gasteiger partial charge in [-0.25, -0.2) is 0 Å².